The van der Waals surface area contributed by atoms with Crippen LogP contribution in [0.25, 0.3) is 12.2 Å². The van der Waals surface area contributed by atoms with Gasteiger partial charge in [0.15, 0.2) is 23.8 Å². The zero-order valence-electron chi connectivity index (χ0n) is 42.5. The molecule has 5 aromatic carbocycles. The van der Waals surface area contributed by atoms with Gasteiger partial charge in [0.05, 0.1) is 19.7 Å². The number of nitro benzene ring substituents is 4. The van der Waals surface area contributed by atoms with Crippen LogP contribution in [0, 0.1) is 40.5 Å². The summed E-state index contributed by atoms with van der Waals surface area (Å²) in [5.41, 5.74) is 8.04. The first-order valence-corrected chi connectivity index (χ1v) is 22.0. The number of carbonyl (C=O) groups excluding carboxylic acids is 2. The van der Waals surface area contributed by atoms with E-state index in [0.29, 0.717) is 28.7 Å². The molecule has 2 atom stereocenters. The zero-order valence-corrected chi connectivity index (χ0v) is 42.5. The molecule has 0 saturated heterocycles. The van der Waals surface area contributed by atoms with Crippen molar-refractivity contribution in [2.75, 3.05) is 20.0 Å². The van der Waals surface area contributed by atoms with E-state index in [-0.39, 0.29) is 59.2 Å². The largest absolute Gasteiger partial charge is 0.502 e. The molecule has 428 valence electrons. The summed E-state index contributed by atoms with van der Waals surface area (Å²) in [5.74, 6) is -5.94. The number of nitro groups is 4. The Morgan fingerprint density at radius 3 is 1.32 bits per heavy atom. The number of carboxylic acid groups (broad SMARTS) is 4. The number of ether oxygens (including phenoxy) is 1. The Morgan fingerprint density at radius 1 is 0.600 bits per heavy atom. The van der Waals surface area contributed by atoms with Crippen molar-refractivity contribution in [3.8, 4) is 0 Å². The average molecular weight is 1120 g/mol. The van der Waals surface area contributed by atoms with E-state index in [4.69, 9.17) is 56.4 Å². The Morgan fingerprint density at radius 2 is 0.963 bits per heavy atom. The third-order valence-electron chi connectivity index (χ3n) is 8.74. The lowest BCUT2D eigenvalue weighted by Crippen LogP contribution is -2.21. The summed E-state index contributed by atoms with van der Waals surface area (Å²) < 4.78 is 4.73. The van der Waals surface area contributed by atoms with Crippen LogP contribution < -0.4 is 5.73 Å². The molecule has 1 aliphatic heterocycles. The molecule has 0 aliphatic carbocycles. The van der Waals surface area contributed by atoms with Gasteiger partial charge in [-0.2, -0.15) is 0 Å². The fraction of sp³-hybridized carbons (Fsp3) is 0.180. The number of aliphatic carboxylic acids is 4. The van der Waals surface area contributed by atoms with Gasteiger partial charge in [-0.1, -0.05) is 67.6 Å². The van der Waals surface area contributed by atoms with E-state index < -0.39 is 67.5 Å². The van der Waals surface area contributed by atoms with Gasteiger partial charge < -0.3 is 56.4 Å². The summed E-state index contributed by atoms with van der Waals surface area (Å²) in [6.45, 7) is 3.16. The fourth-order valence-electron chi connectivity index (χ4n) is 5.20. The average Bonchev–Trinajstić information content (AvgIpc) is 3.75. The van der Waals surface area contributed by atoms with Gasteiger partial charge in [0.2, 0.25) is 5.76 Å². The molecule has 30 nitrogen and oxygen atoms in total. The number of non-ortho nitro benzene ring substituents is 4. The lowest BCUT2D eigenvalue weighted by molar-refractivity contribution is -0.385. The van der Waals surface area contributed by atoms with Gasteiger partial charge >= 0.3 is 29.8 Å². The van der Waals surface area contributed by atoms with Gasteiger partial charge in [-0.3, -0.25) is 50.0 Å². The second-order valence-electron chi connectivity index (χ2n) is 14.6. The van der Waals surface area contributed by atoms with E-state index in [9.17, 15) is 69.2 Å². The molecule has 80 heavy (non-hydrogen) atoms. The van der Waals surface area contributed by atoms with Gasteiger partial charge in [0.1, 0.15) is 6.29 Å². The number of nitrogens with zero attached hydrogens (tertiary/aromatic N) is 5. The van der Waals surface area contributed by atoms with Gasteiger partial charge in [-0.15, -0.1) is 0 Å². The first kappa shape index (κ1) is 71.4. The number of carbonyl (C=O) groups is 6. The molecule has 0 bridgehead atoms. The van der Waals surface area contributed by atoms with Gasteiger partial charge in [-0.25, -0.2) is 24.2 Å². The second kappa shape index (κ2) is 38.8. The van der Waals surface area contributed by atoms with Crippen LogP contribution in [0.1, 0.15) is 52.9 Å². The number of aliphatic imine (C=N–C) groups is 1. The summed E-state index contributed by atoms with van der Waals surface area (Å²) in [6.07, 6.45) is 0.236. The number of carboxylic acids is 4. The van der Waals surface area contributed by atoms with E-state index in [0.717, 1.165) is 25.9 Å². The number of rotatable bonds is 15. The number of aliphatic hydroxyl groups is 5. The maximum atomic E-state index is 11.3. The molecule has 11 N–H and O–H groups in total. The van der Waals surface area contributed by atoms with Gasteiger partial charge in [-0.05, 0) is 46.5 Å². The SMILES string of the molecule is CC1=N/C(=C\c2cccc([N+](=O)[O-])c2)C(=O)O1.CCC(=O)O.CO.CO.Nc1cccc(CC(O)C(=O)O)c1.O=C(O)/C(O)=C/c1cccc([N+](=O)[O-])c1.O=C(O)C(O)Cc1cccc([N+](=O)[O-])c1.O=Cc1cccc([N+](=O)[O-])c1. The molecule has 1 aliphatic rings. The van der Waals surface area contributed by atoms with E-state index >= 15 is 0 Å². The van der Waals surface area contributed by atoms with Crippen molar-refractivity contribution in [1.82, 2.24) is 0 Å². The normalized spacial score (nSPS) is 11.8. The number of aldehydes is 1. The number of esters is 1. The number of hydrogen-bond acceptors (Lipinski definition) is 22. The number of cyclic esters (lactones) is 1. The highest BCUT2D eigenvalue weighted by atomic mass is 16.6. The Kier molecular flexibility index (Phi) is 34.6. The Balaban J connectivity index is 0. The topological polar surface area (TPSA) is 505 Å². The second-order valence-corrected chi connectivity index (χ2v) is 14.6. The van der Waals surface area contributed by atoms with Crippen LogP contribution in [0.4, 0.5) is 28.4 Å². The van der Waals surface area contributed by atoms with E-state index in [1.165, 1.54) is 91.0 Å². The highest BCUT2D eigenvalue weighted by molar-refractivity contribution is 6.06. The van der Waals surface area contributed by atoms with Crippen LogP contribution in [0.15, 0.2) is 138 Å². The third-order valence-corrected chi connectivity index (χ3v) is 8.74. The molecule has 1 heterocycles. The monoisotopic (exact) mass is 1120 g/mol. The highest BCUT2D eigenvalue weighted by Crippen LogP contribution is 2.20. The lowest BCUT2D eigenvalue weighted by Gasteiger charge is -2.05. The number of aliphatic hydroxyl groups excluding tert-OH is 5. The Bertz CT molecular complexity index is 3010. The van der Waals surface area contributed by atoms with Crippen LogP contribution in [0.2, 0.25) is 0 Å². The molecule has 6 rings (SSSR count). The molecule has 0 aromatic heterocycles. The molecule has 0 fully saturated rings. The van der Waals surface area contributed by atoms with Crippen molar-refractivity contribution in [2.24, 2.45) is 4.99 Å². The Hall–Kier alpha value is -10.7. The zero-order chi connectivity index (χ0) is 61.7. The minimum Gasteiger partial charge on any atom is -0.502 e. The number of hydrogen-bond donors (Lipinski definition) is 10. The first-order valence-electron chi connectivity index (χ1n) is 22.0. The summed E-state index contributed by atoms with van der Waals surface area (Å²) in [4.78, 5) is 105. The minimum atomic E-state index is -1.54. The van der Waals surface area contributed by atoms with Crippen molar-refractivity contribution in [3.05, 3.63) is 201 Å². The quantitative estimate of drug-likeness (QED) is 0.0119. The molecule has 0 saturated carbocycles. The summed E-state index contributed by atoms with van der Waals surface area (Å²) in [5, 5.41) is 115. The maximum Gasteiger partial charge on any atom is 0.370 e. The van der Waals surface area contributed by atoms with Crippen LogP contribution in [-0.2, 0) is 41.6 Å². The maximum absolute atomic E-state index is 11.3. The fourth-order valence-corrected chi connectivity index (χ4v) is 5.20. The highest BCUT2D eigenvalue weighted by Gasteiger charge is 2.20. The minimum absolute atomic E-state index is 0.0357. The lowest BCUT2D eigenvalue weighted by atomic mass is 10.1. The molecule has 30 heteroatoms. The van der Waals surface area contributed by atoms with E-state index in [1.54, 1.807) is 50.2 Å². The van der Waals surface area contributed by atoms with Gasteiger partial charge in [0.25, 0.3) is 22.7 Å². The molecule has 2 unspecified atom stereocenters. The predicted molar refractivity (Wildman–Crippen MR) is 283 cm³/mol. The van der Waals surface area contributed by atoms with Crippen molar-refractivity contribution in [3.63, 3.8) is 0 Å². The standard InChI is InChI=1S/C11H8N2O4.C9H9NO5.C9H7NO5.C9H11NO3.C7H5NO3.C3H6O2.2CH4O/c1-7-12-10(11(14)17-7)6-8-3-2-4-9(5-8)13(15)16;2*11-8(9(12)13)5-6-2-1-3-7(4-6)10(14)15;10-7-3-1-2-6(4-7)5-8(11)9(12)13;9-5-6-2-1-3-7(4-6)8(10)11;1-2-3(4)5;2*1-2/h2-6H,1H3;1-4,8,11H,5H2,(H,12,13);1-5,11H,(H,12,13);1-4,8,11H,5,10H2,(H,12,13);1-5H;2H2,1H3,(H,4,5);2*2H,1H3/b10-6-;;8-5-;;;;;. The van der Waals surface area contributed by atoms with E-state index in [1.807, 2.05) is 0 Å². The van der Waals surface area contributed by atoms with Gasteiger partial charge in [0, 0.05) is 100 Å². The number of benzene rings is 5. The van der Waals surface area contributed by atoms with Crippen LogP contribution in [-0.4, -0.2) is 134 Å². The first-order chi connectivity index (χ1) is 37.7. The summed E-state index contributed by atoms with van der Waals surface area (Å²) in [6, 6.07) is 29.1. The van der Waals surface area contributed by atoms with Crippen LogP contribution >= 0.6 is 0 Å². The summed E-state index contributed by atoms with van der Waals surface area (Å²) >= 11 is 0. The number of anilines is 1. The van der Waals surface area contributed by atoms with E-state index in [2.05, 4.69) is 4.99 Å². The summed E-state index contributed by atoms with van der Waals surface area (Å²) in [7, 11) is 2.00. The number of nitrogens with two attached hydrogens (primary N) is 1. The molecule has 0 amide bonds. The van der Waals surface area contributed by atoms with Crippen molar-refractivity contribution >= 4 is 82.6 Å². The molecule has 0 radical (unpaired) electrons. The smallest absolute Gasteiger partial charge is 0.370 e. The van der Waals surface area contributed by atoms with Crippen LogP contribution in [0.3, 0.4) is 0 Å². The third kappa shape index (κ3) is 30.0. The van der Waals surface area contributed by atoms with Crippen molar-refractivity contribution < 1.29 is 99.2 Å². The molecular formula is C50H54N6O24. The van der Waals surface area contributed by atoms with Crippen molar-refractivity contribution in [1.29, 1.82) is 0 Å². The molecule has 5 aromatic rings. The van der Waals surface area contributed by atoms with Crippen molar-refractivity contribution in [2.45, 2.75) is 45.3 Å². The predicted octanol–water partition coefficient (Wildman–Crippen LogP) is 5.43. The molecular weight excluding hydrogens is 1070 g/mol. The Labute approximate surface area is 452 Å². The molecule has 0 spiro atoms. The number of nitrogen functional groups attached to an aromatic ring is 1. The van der Waals surface area contributed by atoms with Crippen LogP contribution in [0.5, 0.6) is 0 Å².